The van der Waals surface area contributed by atoms with E-state index in [-0.39, 0.29) is 30.1 Å². The van der Waals surface area contributed by atoms with Gasteiger partial charge in [0.25, 0.3) is 0 Å². The van der Waals surface area contributed by atoms with Crippen molar-refractivity contribution in [3.05, 3.63) is 78.8 Å². The quantitative estimate of drug-likeness (QED) is 0.537. The van der Waals surface area contributed by atoms with Gasteiger partial charge >= 0.3 is 0 Å². The summed E-state index contributed by atoms with van der Waals surface area (Å²) in [6.07, 6.45) is 4.75. The van der Waals surface area contributed by atoms with E-state index in [9.17, 15) is 13.6 Å². The van der Waals surface area contributed by atoms with E-state index in [4.69, 9.17) is 4.42 Å². The predicted octanol–water partition coefficient (Wildman–Crippen LogP) is 3.77. The molecule has 0 saturated carbocycles. The average Bonchev–Trinajstić information content (AvgIpc) is 3.39. The third-order valence-corrected chi connectivity index (χ3v) is 4.15. The highest BCUT2D eigenvalue weighted by atomic mass is 19.1. The van der Waals surface area contributed by atoms with E-state index in [0.29, 0.717) is 11.6 Å². The maximum atomic E-state index is 13.8. The van der Waals surface area contributed by atoms with Crippen LogP contribution in [0.4, 0.5) is 14.5 Å². The van der Waals surface area contributed by atoms with Gasteiger partial charge in [-0.05, 0) is 36.4 Å². The van der Waals surface area contributed by atoms with E-state index in [0.717, 1.165) is 17.8 Å². The molecule has 0 unspecified atom stereocenters. The van der Waals surface area contributed by atoms with Crippen molar-refractivity contribution in [1.29, 1.82) is 0 Å². The molecule has 0 saturated heterocycles. The summed E-state index contributed by atoms with van der Waals surface area (Å²) >= 11 is 0. The van der Waals surface area contributed by atoms with Gasteiger partial charge < -0.3 is 9.73 Å². The van der Waals surface area contributed by atoms with Crippen LogP contribution in [0.3, 0.4) is 0 Å². The fourth-order valence-electron chi connectivity index (χ4n) is 2.72. The van der Waals surface area contributed by atoms with Crippen molar-refractivity contribution in [2.75, 3.05) is 5.32 Å². The van der Waals surface area contributed by atoms with Gasteiger partial charge in [-0.3, -0.25) is 4.79 Å². The Morgan fingerprint density at radius 2 is 1.97 bits per heavy atom. The largest absolute Gasteiger partial charge is 0.441 e. The number of aryl methyl sites for hydroxylation is 1. The molecule has 1 N–H and O–H groups in total. The Morgan fingerprint density at radius 1 is 1.14 bits per heavy atom. The first kappa shape index (κ1) is 18.5. The van der Waals surface area contributed by atoms with Gasteiger partial charge in [-0.2, -0.15) is 5.10 Å². The molecular weight excluding hydrogens is 380 g/mol. The van der Waals surface area contributed by atoms with Gasteiger partial charge in [0.15, 0.2) is 11.7 Å². The summed E-state index contributed by atoms with van der Waals surface area (Å²) in [6, 6.07) is 10.3. The van der Waals surface area contributed by atoms with Gasteiger partial charge in [0, 0.05) is 24.6 Å². The fraction of sp³-hybridized carbons (Fsp3) is 0.100. The van der Waals surface area contributed by atoms with E-state index in [1.165, 1.54) is 18.6 Å². The maximum absolute atomic E-state index is 13.8. The summed E-state index contributed by atoms with van der Waals surface area (Å²) in [6.45, 7) is 0. The Kier molecular flexibility index (Phi) is 5.10. The molecule has 0 fully saturated rings. The minimum atomic E-state index is -0.736. The highest BCUT2D eigenvalue weighted by molar-refractivity contribution is 5.90. The number of oxazole rings is 1. The predicted molar refractivity (Wildman–Crippen MR) is 100 cm³/mol. The minimum absolute atomic E-state index is 0.113. The van der Waals surface area contributed by atoms with Crippen molar-refractivity contribution in [1.82, 2.24) is 19.7 Å². The van der Waals surface area contributed by atoms with Crippen molar-refractivity contribution in [2.24, 2.45) is 0 Å². The van der Waals surface area contributed by atoms with Crippen LogP contribution in [-0.4, -0.2) is 25.7 Å². The Labute approximate surface area is 164 Å². The Hall–Kier alpha value is -3.88. The van der Waals surface area contributed by atoms with E-state index < -0.39 is 11.6 Å². The number of carbonyl (C=O) groups excluding carboxylic acids is 1. The SMILES string of the molecule is O=C(CCc1ncc(-c2ccc(F)cc2F)o1)Nc1ccc(-n2cncn2)cc1. The second-order valence-electron chi connectivity index (χ2n) is 6.18. The van der Waals surface area contributed by atoms with Crippen LogP contribution in [0.1, 0.15) is 12.3 Å². The average molecular weight is 395 g/mol. The molecule has 4 aromatic rings. The van der Waals surface area contributed by atoms with Crippen LogP contribution >= 0.6 is 0 Å². The van der Waals surface area contributed by atoms with E-state index in [1.54, 1.807) is 23.1 Å². The lowest BCUT2D eigenvalue weighted by molar-refractivity contribution is -0.116. The molecule has 9 heteroatoms. The van der Waals surface area contributed by atoms with Crippen LogP contribution in [0, 0.1) is 11.6 Å². The second kappa shape index (κ2) is 8.01. The molecule has 2 heterocycles. The number of carbonyl (C=O) groups is 1. The molecule has 146 valence electrons. The zero-order chi connectivity index (χ0) is 20.2. The number of rotatable bonds is 6. The molecule has 29 heavy (non-hydrogen) atoms. The number of hydrogen-bond acceptors (Lipinski definition) is 5. The molecule has 0 aliphatic carbocycles. The zero-order valence-electron chi connectivity index (χ0n) is 15.0. The third kappa shape index (κ3) is 4.34. The summed E-state index contributed by atoms with van der Waals surface area (Å²) in [5.41, 5.74) is 1.57. The van der Waals surface area contributed by atoms with Crippen LogP contribution in [0.2, 0.25) is 0 Å². The number of aromatic nitrogens is 4. The highest BCUT2D eigenvalue weighted by Gasteiger charge is 2.13. The lowest BCUT2D eigenvalue weighted by atomic mass is 10.2. The molecule has 0 aliphatic heterocycles. The third-order valence-electron chi connectivity index (χ3n) is 4.15. The first-order valence-electron chi connectivity index (χ1n) is 8.73. The maximum Gasteiger partial charge on any atom is 0.224 e. The van der Waals surface area contributed by atoms with Crippen molar-refractivity contribution in [3.63, 3.8) is 0 Å². The molecular formula is C20H15F2N5O2. The molecule has 2 aromatic heterocycles. The van der Waals surface area contributed by atoms with Gasteiger partial charge in [0.1, 0.15) is 24.3 Å². The number of anilines is 1. The minimum Gasteiger partial charge on any atom is -0.441 e. The zero-order valence-corrected chi connectivity index (χ0v) is 15.0. The van der Waals surface area contributed by atoms with Crippen LogP contribution in [0.25, 0.3) is 17.0 Å². The summed E-state index contributed by atoms with van der Waals surface area (Å²) in [5, 5.41) is 6.82. The lowest BCUT2D eigenvalue weighted by Crippen LogP contribution is -2.12. The van der Waals surface area contributed by atoms with Crippen LogP contribution in [0.15, 0.2) is 65.7 Å². The topological polar surface area (TPSA) is 85.8 Å². The smallest absolute Gasteiger partial charge is 0.224 e. The van der Waals surface area contributed by atoms with Crippen molar-refractivity contribution in [2.45, 2.75) is 12.8 Å². The highest BCUT2D eigenvalue weighted by Crippen LogP contribution is 2.24. The molecule has 1 amide bonds. The van der Waals surface area contributed by atoms with E-state index >= 15 is 0 Å². The number of halogens is 2. The van der Waals surface area contributed by atoms with Gasteiger partial charge in [-0.25, -0.2) is 23.4 Å². The summed E-state index contributed by atoms with van der Waals surface area (Å²) < 4.78 is 33.9. The van der Waals surface area contributed by atoms with Crippen molar-refractivity contribution >= 4 is 11.6 Å². The van der Waals surface area contributed by atoms with Crippen LogP contribution in [-0.2, 0) is 11.2 Å². The molecule has 2 aromatic carbocycles. The normalized spacial score (nSPS) is 10.8. The van der Waals surface area contributed by atoms with Crippen molar-refractivity contribution in [3.8, 4) is 17.0 Å². The number of hydrogen-bond donors (Lipinski definition) is 1. The number of nitrogens with one attached hydrogen (secondary N) is 1. The van der Waals surface area contributed by atoms with Gasteiger partial charge in [-0.1, -0.05) is 0 Å². The van der Waals surface area contributed by atoms with Gasteiger partial charge in [-0.15, -0.1) is 0 Å². The van der Waals surface area contributed by atoms with E-state index in [2.05, 4.69) is 20.4 Å². The molecule has 0 aliphatic rings. The molecule has 0 spiro atoms. The standard InChI is InChI=1S/C20H15F2N5O2/c21-13-1-6-16(17(22)9-13)18-10-24-20(29-18)8-7-19(28)26-14-2-4-15(5-3-14)27-12-23-11-25-27/h1-6,9-12H,7-8H2,(H,26,28). The Morgan fingerprint density at radius 3 is 2.69 bits per heavy atom. The first-order valence-corrected chi connectivity index (χ1v) is 8.73. The first-order chi connectivity index (χ1) is 14.1. The molecule has 0 atom stereocenters. The molecule has 0 bridgehead atoms. The second-order valence-corrected chi connectivity index (χ2v) is 6.18. The monoisotopic (exact) mass is 395 g/mol. The Balaban J connectivity index is 1.33. The van der Waals surface area contributed by atoms with Gasteiger partial charge in [0.2, 0.25) is 5.91 Å². The molecule has 7 nitrogen and oxygen atoms in total. The summed E-state index contributed by atoms with van der Waals surface area (Å²) in [4.78, 5) is 20.1. The summed E-state index contributed by atoms with van der Waals surface area (Å²) in [7, 11) is 0. The number of amides is 1. The number of nitrogens with zero attached hydrogens (tertiary/aromatic N) is 4. The van der Waals surface area contributed by atoms with E-state index in [1.807, 2.05) is 12.1 Å². The fourth-order valence-corrected chi connectivity index (χ4v) is 2.72. The molecule has 0 radical (unpaired) electrons. The Bertz CT molecular complexity index is 1120. The summed E-state index contributed by atoms with van der Waals surface area (Å²) in [5.74, 6) is -1.15. The molecule has 4 rings (SSSR count). The van der Waals surface area contributed by atoms with Crippen LogP contribution < -0.4 is 5.32 Å². The van der Waals surface area contributed by atoms with Crippen LogP contribution in [0.5, 0.6) is 0 Å². The number of benzene rings is 2. The lowest BCUT2D eigenvalue weighted by Gasteiger charge is -2.06. The van der Waals surface area contributed by atoms with Crippen molar-refractivity contribution < 1.29 is 18.0 Å². The van der Waals surface area contributed by atoms with Gasteiger partial charge in [0.05, 0.1) is 17.4 Å².